The summed E-state index contributed by atoms with van der Waals surface area (Å²) >= 11 is 0. The van der Waals surface area contributed by atoms with Gasteiger partial charge in [0.2, 0.25) is 0 Å². The van der Waals surface area contributed by atoms with Gasteiger partial charge < -0.3 is 14.6 Å². The van der Waals surface area contributed by atoms with Gasteiger partial charge in [0, 0.05) is 12.4 Å². The summed E-state index contributed by atoms with van der Waals surface area (Å²) in [6, 6.07) is 9.71. The summed E-state index contributed by atoms with van der Waals surface area (Å²) < 4.78 is 36.0. The van der Waals surface area contributed by atoms with E-state index in [4.69, 9.17) is 4.74 Å². The lowest BCUT2D eigenvalue weighted by atomic mass is 10.0. The van der Waals surface area contributed by atoms with Crippen LogP contribution in [-0.4, -0.2) is 33.6 Å². The first kappa shape index (κ1) is 21.2. The zero-order chi connectivity index (χ0) is 21.7. The molecule has 0 spiro atoms. The van der Waals surface area contributed by atoms with Gasteiger partial charge in [0.15, 0.2) is 0 Å². The normalized spacial score (nSPS) is 11.9. The first-order chi connectivity index (χ1) is 14.3. The van der Waals surface area contributed by atoms with Crippen LogP contribution < -0.4 is 5.32 Å². The minimum Gasteiger partial charge on any atom is -0.461 e. The predicted molar refractivity (Wildman–Crippen MR) is 107 cm³/mol. The highest BCUT2D eigenvalue weighted by Crippen LogP contribution is 2.24. The van der Waals surface area contributed by atoms with Crippen LogP contribution in [0.1, 0.15) is 24.2 Å². The lowest BCUT2D eigenvalue weighted by Gasteiger charge is -2.20. The van der Waals surface area contributed by atoms with Gasteiger partial charge in [-0.25, -0.2) is 18.6 Å². The Morgan fingerprint density at radius 2 is 1.77 bits per heavy atom. The molecule has 3 rings (SSSR count). The Hall–Kier alpha value is -3.55. The minimum atomic E-state index is -1.15. The number of carbonyl (C=O) groups excluding carboxylic acids is 2. The van der Waals surface area contributed by atoms with Crippen molar-refractivity contribution in [3.63, 3.8) is 0 Å². The van der Waals surface area contributed by atoms with Crippen molar-refractivity contribution >= 4 is 11.9 Å². The van der Waals surface area contributed by atoms with Crippen molar-refractivity contribution in [1.29, 1.82) is 0 Å². The van der Waals surface area contributed by atoms with E-state index in [2.05, 4.69) is 10.3 Å². The number of ether oxygens (including phenoxy) is 1. The Kier molecular flexibility index (Phi) is 6.56. The molecule has 0 radical (unpaired) electrons. The van der Waals surface area contributed by atoms with E-state index < -0.39 is 41.2 Å². The van der Waals surface area contributed by atoms with Crippen LogP contribution in [0.15, 0.2) is 61.2 Å². The van der Waals surface area contributed by atoms with Crippen molar-refractivity contribution in [2.75, 3.05) is 0 Å². The summed E-state index contributed by atoms with van der Waals surface area (Å²) in [4.78, 5) is 28.9. The number of benzene rings is 2. The fourth-order valence-electron chi connectivity index (χ4n) is 2.92. The second kappa shape index (κ2) is 9.30. The predicted octanol–water partition coefficient (Wildman–Crippen LogP) is 3.58. The topological polar surface area (TPSA) is 73.2 Å². The van der Waals surface area contributed by atoms with Crippen molar-refractivity contribution in [2.24, 2.45) is 0 Å². The molecule has 0 aliphatic rings. The number of halogens is 2. The monoisotopic (exact) mass is 413 g/mol. The van der Waals surface area contributed by atoms with Crippen molar-refractivity contribution in [3.8, 4) is 11.1 Å². The van der Waals surface area contributed by atoms with E-state index in [9.17, 15) is 18.4 Å². The van der Waals surface area contributed by atoms with Crippen LogP contribution in [0.2, 0.25) is 0 Å². The molecular formula is C22H21F2N3O3. The number of aromatic nitrogens is 2. The maximum absolute atomic E-state index is 14.7. The van der Waals surface area contributed by atoms with Crippen molar-refractivity contribution < 1.29 is 23.1 Å². The maximum atomic E-state index is 14.7. The van der Waals surface area contributed by atoms with E-state index in [1.165, 1.54) is 12.5 Å². The standard InChI is InChI=1S/C22H21F2N3O3/c1-14(2)30-22(29)19(12-27-9-8-25-13-27)26-21(28)20-17(23)10-16(11-18(20)24)15-6-4-3-5-7-15/h3-11,13-14,19H,12H2,1-2H3,(H,26,28)/t19-/m0/s1. The van der Waals surface area contributed by atoms with Crippen LogP contribution in [0, 0.1) is 11.6 Å². The molecule has 1 amide bonds. The van der Waals surface area contributed by atoms with Gasteiger partial charge in [-0.05, 0) is 37.1 Å². The number of carbonyl (C=O) groups is 2. The van der Waals surface area contributed by atoms with Gasteiger partial charge in [-0.1, -0.05) is 30.3 Å². The Morgan fingerprint density at radius 3 is 2.33 bits per heavy atom. The van der Waals surface area contributed by atoms with Crippen LogP contribution in [0.3, 0.4) is 0 Å². The highest BCUT2D eigenvalue weighted by atomic mass is 19.1. The molecule has 1 heterocycles. The Bertz CT molecular complexity index is 998. The average molecular weight is 413 g/mol. The summed E-state index contributed by atoms with van der Waals surface area (Å²) in [7, 11) is 0. The smallest absolute Gasteiger partial charge is 0.330 e. The van der Waals surface area contributed by atoms with E-state index in [1.807, 2.05) is 0 Å². The molecule has 2 aromatic carbocycles. The molecule has 0 saturated heterocycles. The summed E-state index contributed by atoms with van der Waals surface area (Å²) in [5.41, 5.74) is 0.153. The van der Waals surface area contributed by atoms with Crippen LogP contribution in [0.25, 0.3) is 11.1 Å². The summed E-state index contributed by atoms with van der Waals surface area (Å²) in [6.07, 6.45) is 4.14. The van der Waals surface area contributed by atoms with Gasteiger partial charge in [-0.3, -0.25) is 4.79 Å². The van der Waals surface area contributed by atoms with Gasteiger partial charge in [0.05, 0.1) is 19.0 Å². The third-order valence-electron chi connectivity index (χ3n) is 4.27. The van der Waals surface area contributed by atoms with Crippen LogP contribution in [0.4, 0.5) is 8.78 Å². The van der Waals surface area contributed by atoms with Crippen LogP contribution in [-0.2, 0) is 16.1 Å². The van der Waals surface area contributed by atoms with Crippen molar-refractivity contribution in [3.05, 3.63) is 78.4 Å². The molecule has 0 aliphatic carbocycles. The SMILES string of the molecule is CC(C)OC(=O)[C@H](Cn1ccnc1)NC(=O)c1c(F)cc(-c2ccccc2)cc1F. The third kappa shape index (κ3) is 5.08. The quantitative estimate of drug-likeness (QED) is 0.601. The third-order valence-corrected chi connectivity index (χ3v) is 4.27. The lowest BCUT2D eigenvalue weighted by Crippen LogP contribution is -2.45. The number of esters is 1. The molecule has 0 fully saturated rings. The van der Waals surface area contributed by atoms with Crippen LogP contribution >= 0.6 is 0 Å². The number of rotatable bonds is 7. The zero-order valence-electron chi connectivity index (χ0n) is 16.5. The van der Waals surface area contributed by atoms with Crippen molar-refractivity contribution in [2.45, 2.75) is 32.5 Å². The molecule has 0 aliphatic heterocycles. The molecule has 156 valence electrons. The molecule has 0 bridgehead atoms. The number of amides is 1. The fourth-order valence-corrected chi connectivity index (χ4v) is 2.92. The molecule has 1 N–H and O–H groups in total. The number of hydrogen-bond donors (Lipinski definition) is 1. The number of imidazole rings is 1. The second-order valence-corrected chi connectivity index (χ2v) is 6.95. The second-order valence-electron chi connectivity index (χ2n) is 6.95. The number of nitrogens with one attached hydrogen (secondary N) is 1. The van der Waals surface area contributed by atoms with E-state index in [0.717, 1.165) is 12.1 Å². The van der Waals surface area contributed by atoms with E-state index >= 15 is 0 Å². The molecule has 30 heavy (non-hydrogen) atoms. The fraction of sp³-hybridized carbons (Fsp3) is 0.227. The lowest BCUT2D eigenvalue weighted by molar-refractivity contribution is -0.150. The van der Waals surface area contributed by atoms with Gasteiger partial charge in [0.1, 0.15) is 23.2 Å². The number of hydrogen-bond acceptors (Lipinski definition) is 4. The molecule has 0 saturated carbocycles. The zero-order valence-corrected chi connectivity index (χ0v) is 16.5. The summed E-state index contributed by atoms with van der Waals surface area (Å²) in [5, 5.41) is 2.38. The first-order valence-electron chi connectivity index (χ1n) is 9.36. The molecule has 8 heteroatoms. The summed E-state index contributed by atoms with van der Waals surface area (Å²) in [6.45, 7) is 3.33. The highest BCUT2D eigenvalue weighted by Gasteiger charge is 2.27. The van der Waals surface area contributed by atoms with E-state index in [-0.39, 0.29) is 6.54 Å². The minimum absolute atomic E-state index is 0.00261. The van der Waals surface area contributed by atoms with Gasteiger partial charge in [0.25, 0.3) is 5.91 Å². The molecule has 0 unspecified atom stereocenters. The molecule has 1 aromatic heterocycles. The van der Waals surface area contributed by atoms with Gasteiger partial charge in [-0.15, -0.1) is 0 Å². The van der Waals surface area contributed by atoms with Crippen molar-refractivity contribution in [1.82, 2.24) is 14.9 Å². The first-order valence-corrected chi connectivity index (χ1v) is 9.36. The van der Waals surface area contributed by atoms with E-state index in [0.29, 0.717) is 11.1 Å². The van der Waals surface area contributed by atoms with Gasteiger partial charge >= 0.3 is 5.97 Å². The molecular weight excluding hydrogens is 392 g/mol. The number of nitrogens with zero attached hydrogens (tertiary/aromatic N) is 2. The molecule has 6 nitrogen and oxygen atoms in total. The molecule has 3 aromatic rings. The average Bonchev–Trinajstić information content (AvgIpc) is 3.20. The van der Waals surface area contributed by atoms with E-state index in [1.54, 1.807) is 54.9 Å². The molecule has 1 atom stereocenters. The van der Waals surface area contributed by atoms with Crippen LogP contribution in [0.5, 0.6) is 0 Å². The van der Waals surface area contributed by atoms with Gasteiger partial charge in [-0.2, -0.15) is 0 Å². The largest absolute Gasteiger partial charge is 0.461 e. The Labute approximate surface area is 172 Å². The highest BCUT2D eigenvalue weighted by molar-refractivity contribution is 5.97. The summed E-state index contributed by atoms with van der Waals surface area (Å²) in [5.74, 6) is -3.81. The Balaban J connectivity index is 1.85. The maximum Gasteiger partial charge on any atom is 0.330 e. The Morgan fingerprint density at radius 1 is 1.10 bits per heavy atom.